The molecule has 0 spiro atoms. The highest BCUT2D eigenvalue weighted by Crippen LogP contribution is 2.52. The topological polar surface area (TPSA) is 59.9 Å². The van der Waals surface area contributed by atoms with Gasteiger partial charge < -0.3 is 9.47 Å². The number of carbonyl (C=O) groups excluding carboxylic acids is 1. The smallest absolute Gasteiger partial charge is 0.284 e. The minimum absolute atomic E-state index is 0.217. The quantitative estimate of drug-likeness (QED) is 0.850. The van der Waals surface area contributed by atoms with E-state index in [0.29, 0.717) is 23.3 Å². The highest BCUT2D eigenvalue weighted by atomic mass is 16.6. The van der Waals surface area contributed by atoms with Gasteiger partial charge in [-0.25, -0.2) is 5.43 Å². The van der Waals surface area contributed by atoms with Crippen LogP contribution in [0.3, 0.4) is 0 Å². The van der Waals surface area contributed by atoms with Gasteiger partial charge in [-0.15, -0.1) is 0 Å². The minimum atomic E-state index is -0.638. The third-order valence-electron chi connectivity index (χ3n) is 6.07. The molecule has 1 heterocycles. The van der Waals surface area contributed by atoms with E-state index >= 15 is 0 Å². The van der Waals surface area contributed by atoms with Crippen LogP contribution in [0.4, 0.5) is 0 Å². The molecule has 4 saturated carbocycles. The van der Waals surface area contributed by atoms with Gasteiger partial charge in [0.2, 0.25) is 6.10 Å². The lowest BCUT2D eigenvalue weighted by atomic mass is 9.55. The summed E-state index contributed by atoms with van der Waals surface area (Å²) < 4.78 is 11.4. The Labute approximate surface area is 141 Å². The number of hydrazone groups is 1. The summed E-state index contributed by atoms with van der Waals surface area (Å²) in [5.74, 6) is 4.06. The van der Waals surface area contributed by atoms with Crippen LogP contribution in [0, 0.1) is 23.7 Å². The van der Waals surface area contributed by atoms with Crippen molar-refractivity contribution in [1.82, 2.24) is 5.43 Å². The molecule has 5 heteroatoms. The molecule has 5 aliphatic rings. The van der Waals surface area contributed by atoms with Crippen LogP contribution in [-0.2, 0) is 4.79 Å². The summed E-state index contributed by atoms with van der Waals surface area (Å²) in [6, 6.07) is 7.43. The first kappa shape index (κ1) is 14.3. The molecule has 0 radical (unpaired) electrons. The number of para-hydroxylation sites is 2. The molecule has 24 heavy (non-hydrogen) atoms. The van der Waals surface area contributed by atoms with E-state index in [1.807, 2.05) is 24.3 Å². The van der Waals surface area contributed by atoms with Crippen LogP contribution in [0.25, 0.3) is 0 Å². The Morgan fingerprint density at radius 3 is 2.38 bits per heavy atom. The zero-order chi connectivity index (χ0) is 16.1. The maximum absolute atomic E-state index is 12.4. The molecule has 1 atom stereocenters. The van der Waals surface area contributed by atoms with Crippen molar-refractivity contribution >= 4 is 11.6 Å². The van der Waals surface area contributed by atoms with Gasteiger partial charge in [-0.3, -0.25) is 4.79 Å². The lowest BCUT2D eigenvalue weighted by molar-refractivity contribution is -0.130. The second-order valence-electron chi connectivity index (χ2n) is 7.68. The van der Waals surface area contributed by atoms with Gasteiger partial charge in [0.15, 0.2) is 11.5 Å². The number of rotatable bonds is 2. The summed E-state index contributed by atoms with van der Waals surface area (Å²) in [6.07, 6.45) is 5.83. The van der Waals surface area contributed by atoms with Crippen molar-refractivity contribution in [2.75, 3.05) is 6.61 Å². The second kappa shape index (κ2) is 5.50. The average molecular weight is 326 g/mol. The van der Waals surface area contributed by atoms with Crippen LogP contribution < -0.4 is 14.9 Å². The molecule has 1 N–H and O–H groups in total. The highest BCUT2D eigenvalue weighted by molar-refractivity contribution is 5.92. The zero-order valence-corrected chi connectivity index (χ0v) is 13.6. The van der Waals surface area contributed by atoms with Crippen LogP contribution in [0.2, 0.25) is 0 Å². The monoisotopic (exact) mass is 326 g/mol. The molecule has 5 nitrogen and oxygen atoms in total. The van der Waals surface area contributed by atoms with Crippen LogP contribution in [-0.4, -0.2) is 24.3 Å². The Morgan fingerprint density at radius 2 is 1.67 bits per heavy atom. The molecule has 126 valence electrons. The van der Waals surface area contributed by atoms with Gasteiger partial charge in [-0.1, -0.05) is 12.1 Å². The summed E-state index contributed by atoms with van der Waals surface area (Å²) >= 11 is 0. The lowest BCUT2D eigenvalue weighted by Gasteiger charge is -2.50. The number of carbonyl (C=O) groups is 1. The van der Waals surface area contributed by atoms with Gasteiger partial charge in [0.1, 0.15) is 6.61 Å². The maximum Gasteiger partial charge on any atom is 0.284 e. The summed E-state index contributed by atoms with van der Waals surface area (Å²) in [5, 5.41) is 4.54. The molecule has 4 fully saturated rings. The summed E-state index contributed by atoms with van der Waals surface area (Å²) in [4.78, 5) is 12.4. The minimum Gasteiger partial charge on any atom is -0.485 e. The van der Waals surface area contributed by atoms with Crippen LogP contribution >= 0.6 is 0 Å². The predicted octanol–water partition coefficient (Wildman–Crippen LogP) is 2.75. The Kier molecular flexibility index (Phi) is 3.28. The molecular formula is C19H22N2O3. The third kappa shape index (κ3) is 2.38. The molecule has 1 amide bonds. The Balaban J connectivity index is 1.26. The second-order valence-corrected chi connectivity index (χ2v) is 7.68. The molecule has 0 saturated heterocycles. The fraction of sp³-hybridized carbons (Fsp3) is 0.579. The normalized spacial score (nSPS) is 35.7. The Morgan fingerprint density at radius 1 is 1.00 bits per heavy atom. The zero-order valence-electron chi connectivity index (χ0n) is 13.6. The van der Waals surface area contributed by atoms with Crippen molar-refractivity contribution in [1.29, 1.82) is 0 Å². The molecular weight excluding hydrogens is 304 g/mol. The number of nitrogens with one attached hydrogen (secondary N) is 1. The number of hydrogen-bond donors (Lipinski definition) is 1. The molecule has 1 aromatic rings. The fourth-order valence-electron chi connectivity index (χ4n) is 5.19. The van der Waals surface area contributed by atoms with Gasteiger partial charge >= 0.3 is 0 Å². The van der Waals surface area contributed by atoms with Crippen molar-refractivity contribution in [2.45, 2.75) is 38.2 Å². The van der Waals surface area contributed by atoms with Crippen molar-refractivity contribution < 1.29 is 14.3 Å². The summed E-state index contributed by atoms with van der Waals surface area (Å²) in [7, 11) is 0. The highest BCUT2D eigenvalue weighted by Gasteiger charge is 2.46. The van der Waals surface area contributed by atoms with Crippen LogP contribution in [0.1, 0.15) is 32.1 Å². The Hall–Kier alpha value is -2.04. The predicted molar refractivity (Wildman–Crippen MR) is 89.0 cm³/mol. The van der Waals surface area contributed by atoms with E-state index in [1.165, 1.54) is 37.8 Å². The number of fused-ring (bicyclic) bond motifs is 1. The van der Waals surface area contributed by atoms with Crippen molar-refractivity contribution in [3.8, 4) is 11.5 Å². The number of ether oxygens (including phenoxy) is 2. The largest absolute Gasteiger partial charge is 0.485 e. The number of amides is 1. The van der Waals surface area contributed by atoms with Crippen molar-refractivity contribution in [3.63, 3.8) is 0 Å². The fourth-order valence-corrected chi connectivity index (χ4v) is 5.19. The first-order valence-electron chi connectivity index (χ1n) is 9.02. The van der Waals surface area contributed by atoms with Gasteiger partial charge in [0.05, 0.1) is 0 Å². The molecule has 1 unspecified atom stereocenters. The molecule has 0 aromatic heterocycles. The van der Waals surface area contributed by atoms with Crippen molar-refractivity contribution in [3.05, 3.63) is 24.3 Å². The SMILES string of the molecule is O=C(NN=C1C2CC3CC(C2)CC1C3)C1COc2ccccc2O1. The first-order valence-corrected chi connectivity index (χ1v) is 9.02. The molecule has 4 aliphatic carbocycles. The van der Waals surface area contributed by atoms with E-state index in [9.17, 15) is 4.79 Å². The average Bonchev–Trinajstić information content (AvgIpc) is 2.60. The lowest BCUT2D eigenvalue weighted by Crippen LogP contribution is -2.47. The standard InChI is InChI=1S/C19H22N2O3/c22-19(17-10-23-15-3-1-2-4-16(15)24-17)21-20-18-13-6-11-5-12(8-13)9-14(18)7-11/h1-4,11-14,17H,5-10H2,(H,21,22). The van der Waals surface area contributed by atoms with Crippen molar-refractivity contribution in [2.24, 2.45) is 28.8 Å². The van der Waals surface area contributed by atoms with E-state index in [0.717, 1.165) is 11.8 Å². The van der Waals surface area contributed by atoms with Crippen LogP contribution in [0.15, 0.2) is 29.4 Å². The number of nitrogens with zero attached hydrogens (tertiary/aromatic N) is 1. The van der Waals surface area contributed by atoms with E-state index in [4.69, 9.17) is 9.47 Å². The number of benzene rings is 1. The van der Waals surface area contributed by atoms with Crippen LogP contribution in [0.5, 0.6) is 11.5 Å². The van der Waals surface area contributed by atoms with E-state index < -0.39 is 6.10 Å². The summed E-state index contributed by atoms with van der Waals surface area (Å²) in [6.45, 7) is 0.227. The number of hydrogen-bond acceptors (Lipinski definition) is 4. The van der Waals surface area contributed by atoms with Gasteiger partial charge in [-0.2, -0.15) is 5.10 Å². The first-order chi connectivity index (χ1) is 11.8. The molecule has 1 aliphatic heterocycles. The van der Waals surface area contributed by atoms with Gasteiger partial charge in [-0.05, 0) is 67.9 Å². The Bertz CT molecular complexity index is 670. The third-order valence-corrected chi connectivity index (χ3v) is 6.07. The summed E-state index contributed by atoms with van der Waals surface area (Å²) in [5.41, 5.74) is 3.98. The van der Waals surface area contributed by atoms with Gasteiger partial charge in [0.25, 0.3) is 5.91 Å². The van der Waals surface area contributed by atoms with E-state index in [1.54, 1.807) is 0 Å². The maximum atomic E-state index is 12.4. The van der Waals surface area contributed by atoms with E-state index in [2.05, 4.69) is 10.5 Å². The molecule has 4 bridgehead atoms. The van der Waals surface area contributed by atoms with E-state index in [-0.39, 0.29) is 12.5 Å². The van der Waals surface area contributed by atoms with Gasteiger partial charge in [0, 0.05) is 5.71 Å². The molecule has 1 aromatic carbocycles. The molecule has 6 rings (SSSR count).